The SMILES string of the molecule is CCN(CC)CCCNC(=O)c1cc(F)cnc1N. The van der Waals surface area contributed by atoms with Gasteiger partial charge in [0.05, 0.1) is 11.8 Å². The quantitative estimate of drug-likeness (QED) is 0.730. The lowest BCUT2D eigenvalue weighted by Crippen LogP contribution is -2.30. The van der Waals surface area contributed by atoms with Crippen molar-refractivity contribution in [3.63, 3.8) is 0 Å². The van der Waals surface area contributed by atoms with Crippen LogP contribution in [0.2, 0.25) is 0 Å². The zero-order valence-electron chi connectivity index (χ0n) is 11.4. The number of rotatable bonds is 7. The van der Waals surface area contributed by atoms with Crippen LogP contribution >= 0.6 is 0 Å². The van der Waals surface area contributed by atoms with Crippen LogP contribution < -0.4 is 11.1 Å². The van der Waals surface area contributed by atoms with Crippen LogP contribution in [0.1, 0.15) is 30.6 Å². The number of hydrogen-bond donors (Lipinski definition) is 2. The van der Waals surface area contributed by atoms with E-state index in [-0.39, 0.29) is 17.3 Å². The van der Waals surface area contributed by atoms with E-state index in [4.69, 9.17) is 5.73 Å². The normalized spacial score (nSPS) is 10.7. The lowest BCUT2D eigenvalue weighted by Gasteiger charge is -2.17. The Labute approximate surface area is 113 Å². The third-order valence-corrected chi connectivity index (χ3v) is 2.96. The summed E-state index contributed by atoms with van der Waals surface area (Å²) in [6, 6.07) is 1.10. The molecule has 1 aromatic heterocycles. The molecule has 19 heavy (non-hydrogen) atoms. The zero-order chi connectivity index (χ0) is 14.3. The molecule has 0 atom stereocenters. The Morgan fingerprint density at radius 1 is 1.47 bits per heavy atom. The van der Waals surface area contributed by atoms with Crippen molar-refractivity contribution in [2.75, 3.05) is 31.9 Å². The molecule has 0 radical (unpaired) electrons. The number of amides is 1. The number of pyridine rings is 1. The summed E-state index contributed by atoms with van der Waals surface area (Å²) < 4.78 is 13.0. The fourth-order valence-corrected chi connectivity index (χ4v) is 1.77. The average Bonchev–Trinajstić information content (AvgIpc) is 2.41. The van der Waals surface area contributed by atoms with E-state index >= 15 is 0 Å². The molecule has 0 spiro atoms. The minimum atomic E-state index is -0.567. The van der Waals surface area contributed by atoms with Gasteiger partial charge in [-0.05, 0) is 32.1 Å². The van der Waals surface area contributed by atoms with E-state index in [0.717, 1.165) is 38.3 Å². The van der Waals surface area contributed by atoms with Crippen LogP contribution in [0, 0.1) is 5.82 Å². The van der Waals surface area contributed by atoms with Crippen molar-refractivity contribution in [3.8, 4) is 0 Å². The Morgan fingerprint density at radius 3 is 2.79 bits per heavy atom. The summed E-state index contributed by atoms with van der Waals surface area (Å²) in [4.78, 5) is 17.7. The summed E-state index contributed by atoms with van der Waals surface area (Å²) in [7, 11) is 0. The molecule has 0 aromatic carbocycles. The topological polar surface area (TPSA) is 71.2 Å². The molecule has 0 aliphatic carbocycles. The maximum Gasteiger partial charge on any atom is 0.255 e. The molecule has 1 heterocycles. The van der Waals surface area contributed by atoms with Crippen LogP contribution in [-0.2, 0) is 0 Å². The van der Waals surface area contributed by atoms with Crippen molar-refractivity contribution >= 4 is 11.7 Å². The minimum Gasteiger partial charge on any atom is -0.383 e. The van der Waals surface area contributed by atoms with E-state index in [1.165, 1.54) is 0 Å². The van der Waals surface area contributed by atoms with Crippen LogP contribution in [0.5, 0.6) is 0 Å². The molecule has 106 valence electrons. The molecule has 0 aliphatic heterocycles. The lowest BCUT2D eigenvalue weighted by atomic mass is 10.2. The van der Waals surface area contributed by atoms with Gasteiger partial charge in [-0.25, -0.2) is 9.37 Å². The highest BCUT2D eigenvalue weighted by Gasteiger charge is 2.11. The van der Waals surface area contributed by atoms with Crippen LogP contribution in [0.3, 0.4) is 0 Å². The Morgan fingerprint density at radius 2 is 2.16 bits per heavy atom. The third kappa shape index (κ3) is 4.82. The van der Waals surface area contributed by atoms with Gasteiger partial charge in [-0.1, -0.05) is 13.8 Å². The summed E-state index contributed by atoms with van der Waals surface area (Å²) in [6.45, 7) is 7.63. The number of halogens is 1. The van der Waals surface area contributed by atoms with Gasteiger partial charge in [0.15, 0.2) is 0 Å². The highest BCUT2D eigenvalue weighted by atomic mass is 19.1. The number of hydrogen-bond acceptors (Lipinski definition) is 4. The molecule has 0 unspecified atom stereocenters. The first-order valence-electron chi connectivity index (χ1n) is 6.50. The average molecular weight is 268 g/mol. The molecular formula is C13H21FN4O. The predicted octanol–water partition coefficient (Wildman–Crippen LogP) is 1.26. The second kappa shape index (κ2) is 7.68. The van der Waals surface area contributed by atoms with Crippen molar-refractivity contribution in [1.82, 2.24) is 15.2 Å². The highest BCUT2D eigenvalue weighted by molar-refractivity contribution is 5.98. The molecule has 0 aliphatic rings. The number of nitrogens with zero attached hydrogens (tertiary/aromatic N) is 2. The largest absolute Gasteiger partial charge is 0.383 e. The predicted molar refractivity (Wildman–Crippen MR) is 73.3 cm³/mol. The van der Waals surface area contributed by atoms with Crippen molar-refractivity contribution in [1.29, 1.82) is 0 Å². The van der Waals surface area contributed by atoms with E-state index in [9.17, 15) is 9.18 Å². The fourth-order valence-electron chi connectivity index (χ4n) is 1.77. The van der Waals surface area contributed by atoms with E-state index in [2.05, 4.69) is 29.0 Å². The van der Waals surface area contributed by atoms with Gasteiger partial charge in [-0.15, -0.1) is 0 Å². The molecule has 0 saturated carbocycles. The molecule has 0 fully saturated rings. The van der Waals surface area contributed by atoms with Crippen LogP contribution in [0.4, 0.5) is 10.2 Å². The van der Waals surface area contributed by atoms with E-state index in [1.54, 1.807) is 0 Å². The smallest absolute Gasteiger partial charge is 0.255 e. The summed E-state index contributed by atoms with van der Waals surface area (Å²) in [5, 5.41) is 2.72. The van der Waals surface area contributed by atoms with Crippen molar-refractivity contribution in [2.45, 2.75) is 20.3 Å². The van der Waals surface area contributed by atoms with Gasteiger partial charge in [0.2, 0.25) is 0 Å². The van der Waals surface area contributed by atoms with Crippen LogP contribution in [-0.4, -0.2) is 42.0 Å². The number of carbonyl (C=O) groups is 1. The lowest BCUT2D eigenvalue weighted by molar-refractivity contribution is 0.0952. The Bertz CT molecular complexity index is 421. The molecular weight excluding hydrogens is 247 g/mol. The molecule has 1 rings (SSSR count). The number of aromatic nitrogens is 1. The summed E-state index contributed by atoms with van der Waals surface area (Å²) in [5.41, 5.74) is 5.62. The van der Waals surface area contributed by atoms with E-state index < -0.39 is 5.82 Å². The molecule has 1 amide bonds. The van der Waals surface area contributed by atoms with E-state index in [0.29, 0.717) is 6.54 Å². The molecule has 1 aromatic rings. The fraction of sp³-hybridized carbons (Fsp3) is 0.538. The second-order valence-electron chi connectivity index (χ2n) is 4.22. The Kier molecular flexibility index (Phi) is 6.21. The number of nitrogens with one attached hydrogen (secondary N) is 1. The van der Waals surface area contributed by atoms with Gasteiger partial charge < -0.3 is 16.0 Å². The standard InChI is InChI=1S/C13H21FN4O/c1-3-18(4-2)7-5-6-16-13(19)11-8-10(14)9-17-12(11)15/h8-9H,3-7H2,1-2H3,(H2,15,17)(H,16,19). The first-order valence-corrected chi connectivity index (χ1v) is 6.50. The van der Waals surface area contributed by atoms with Crippen LogP contribution in [0.25, 0.3) is 0 Å². The van der Waals surface area contributed by atoms with Gasteiger partial charge in [-0.2, -0.15) is 0 Å². The summed E-state index contributed by atoms with van der Waals surface area (Å²) in [5.74, 6) is -0.908. The number of nitrogens with two attached hydrogens (primary N) is 1. The second-order valence-corrected chi connectivity index (χ2v) is 4.22. The summed E-state index contributed by atoms with van der Waals surface area (Å²) in [6.07, 6.45) is 1.84. The molecule has 3 N–H and O–H groups in total. The third-order valence-electron chi connectivity index (χ3n) is 2.96. The molecule has 0 bridgehead atoms. The number of carbonyl (C=O) groups excluding carboxylic acids is 1. The van der Waals surface area contributed by atoms with Gasteiger partial charge in [0.25, 0.3) is 5.91 Å². The maximum atomic E-state index is 13.0. The van der Waals surface area contributed by atoms with Gasteiger partial charge in [0.1, 0.15) is 11.6 Å². The van der Waals surface area contributed by atoms with E-state index in [1.807, 2.05) is 0 Å². The molecule has 5 nitrogen and oxygen atoms in total. The summed E-state index contributed by atoms with van der Waals surface area (Å²) >= 11 is 0. The zero-order valence-corrected chi connectivity index (χ0v) is 11.4. The highest BCUT2D eigenvalue weighted by Crippen LogP contribution is 2.09. The first kappa shape index (κ1) is 15.4. The number of nitrogen functional groups attached to an aromatic ring is 1. The van der Waals surface area contributed by atoms with Crippen molar-refractivity contribution in [2.24, 2.45) is 0 Å². The van der Waals surface area contributed by atoms with Gasteiger partial charge in [-0.3, -0.25) is 4.79 Å². The minimum absolute atomic E-state index is 0.0441. The molecule has 6 heteroatoms. The Hall–Kier alpha value is -1.69. The van der Waals surface area contributed by atoms with Crippen LogP contribution in [0.15, 0.2) is 12.3 Å². The molecule has 0 saturated heterocycles. The van der Waals surface area contributed by atoms with Crippen molar-refractivity contribution in [3.05, 3.63) is 23.6 Å². The number of anilines is 1. The van der Waals surface area contributed by atoms with Gasteiger partial charge in [0, 0.05) is 6.54 Å². The monoisotopic (exact) mass is 268 g/mol. The Balaban J connectivity index is 2.41. The van der Waals surface area contributed by atoms with Crippen molar-refractivity contribution < 1.29 is 9.18 Å². The first-order chi connectivity index (χ1) is 9.08. The van der Waals surface area contributed by atoms with Gasteiger partial charge >= 0.3 is 0 Å². The maximum absolute atomic E-state index is 13.0.